The molecule has 2 N–H and O–H groups in total. The zero-order valence-corrected chi connectivity index (χ0v) is 20.8. The molecule has 0 atom stereocenters. The molecule has 0 bridgehead atoms. The van der Waals surface area contributed by atoms with Crippen molar-refractivity contribution in [2.45, 2.75) is 32.4 Å². The molecule has 4 rings (SSSR count). The third-order valence-corrected chi connectivity index (χ3v) is 5.56. The number of benzene rings is 2. The van der Waals surface area contributed by atoms with Gasteiger partial charge < -0.3 is 28.8 Å². The van der Waals surface area contributed by atoms with Gasteiger partial charge >= 0.3 is 6.36 Å². The molecule has 4 aromatic rings. The monoisotopic (exact) mass is 534 g/mol. The number of nitrogens with zero attached hydrogens (tertiary/aromatic N) is 2. The van der Waals surface area contributed by atoms with Gasteiger partial charge in [0, 0.05) is 25.8 Å². The molecule has 2 aromatic heterocycles. The number of unbranched alkanes of at least 4 members (excludes halogenated alkanes) is 1. The quantitative estimate of drug-likeness (QED) is 0.200. The average molecular weight is 535 g/mol. The Morgan fingerprint density at radius 1 is 0.974 bits per heavy atom. The van der Waals surface area contributed by atoms with E-state index >= 15 is 0 Å². The number of fused-ring (bicyclic) bond motifs is 1. The summed E-state index contributed by atoms with van der Waals surface area (Å²) in [6.45, 7) is 2.68. The van der Waals surface area contributed by atoms with Gasteiger partial charge in [-0.05, 0) is 60.3 Å². The van der Waals surface area contributed by atoms with E-state index in [1.165, 1.54) is 19.2 Å². The molecule has 2 heterocycles. The number of alkyl halides is 3. The molecule has 0 saturated heterocycles. The Hall–Kier alpha value is -3.61. The molecule has 0 fully saturated rings. The lowest BCUT2D eigenvalue weighted by atomic mass is 10.1. The number of rotatable bonds is 15. The summed E-state index contributed by atoms with van der Waals surface area (Å²) >= 11 is 0. The van der Waals surface area contributed by atoms with Crippen molar-refractivity contribution in [3.05, 3.63) is 60.1 Å². The highest BCUT2D eigenvalue weighted by Gasteiger charge is 2.31. The maximum absolute atomic E-state index is 12.6. The molecule has 0 saturated carbocycles. The van der Waals surface area contributed by atoms with Crippen molar-refractivity contribution >= 4 is 10.9 Å². The minimum Gasteiger partial charge on any atom is -0.490 e. The zero-order valence-electron chi connectivity index (χ0n) is 20.8. The maximum Gasteiger partial charge on any atom is 0.573 e. The van der Waals surface area contributed by atoms with Gasteiger partial charge in [0.2, 0.25) is 0 Å². The third kappa shape index (κ3) is 8.20. The summed E-state index contributed by atoms with van der Waals surface area (Å²) in [5, 5.41) is 14.9. The van der Waals surface area contributed by atoms with Crippen molar-refractivity contribution < 1.29 is 36.6 Å². The summed E-state index contributed by atoms with van der Waals surface area (Å²) in [4.78, 5) is 0. The number of hydrogen-bond acceptors (Lipinski definition) is 8. The van der Waals surface area contributed by atoms with E-state index in [1.54, 1.807) is 24.7 Å². The fraction of sp³-hybridized carbons (Fsp3) is 0.385. The molecule has 0 aliphatic heterocycles. The molecule has 0 unspecified atom stereocenters. The molecule has 0 aliphatic carbocycles. The average Bonchev–Trinajstić information content (AvgIpc) is 3.56. The largest absolute Gasteiger partial charge is 0.573 e. The Morgan fingerprint density at radius 3 is 2.63 bits per heavy atom. The molecule has 0 aliphatic rings. The van der Waals surface area contributed by atoms with E-state index in [2.05, 4.69) is 25.4 Å². The number of ether oxygens (including phenoxy) is 4. The van der Waals surface area contributed by atoms with E-state index in [9.17, 15) is 13.2 Å². The second-order valence-electron chi connectivity index (χ2n) is 8.53. The summed E-state index contributed by atoms with van der Waals surface area (Å²) in [6, 6.07) is 8.37. The van der Waals surface area contributed by atoms with E-state index in [0.717, 1.165) is 34.9 Å². The highest BCUT2D eigenvalue weighted by atomic mass is 19.4. The molecule has 0 spiro atoms. The smallest absolute Gasteiger partial charge is 0.490 e. The summed E-state index contributed by atoms with van der Waals surface area (Å²) in [5.41, 5.74) is 3.89. The van der Waals surface area contributed by atoms with Crippen LogP contribution in [0.4, 0.5) is 13.2 Å². The van der Waals surface area contributed by atoms with Crippen LogP contribution in [0.2, 0.25) is 0 Å². The minimum atomic E-state index is -4.74. The Kier molecular flexibility index (Phi) is 9.57. The molecule has 0 radical (unpaired) electrons. The van der Waals surface area contributed by atoms with E-state index in [0.29, 0.717) is 49.8 Å². The molecular formula is C26H29F3N4O5. The van der Waals surface area contributed by atoms with Crippen molar-refractivity contribution in [2.24, 2.45) is 0 Å². The molecule has 12 heteroatoms. The lowest BCUT2D eigenvalue weighted by Gasteiger charge is -2.13. The van der Waals surface area contributed by atoms with Crippen molar-refractivity contribution in [2.75, 3.05) is 33.5 Å². The van der Waals surface area contributed by atoms with Gasteiger partial charge in [0.1, 0.15) is 24.4 Å². The number of nitrogens with one attached hydrogen (secondary N) is 2. The van der Waals surface area contributed by atoms with Crippen LogP contribution in [-0.4, -0.2) is 55.2 Å². The molecule has 0 amide bonds. The van der Waals surface area contributed by atoms with Crippen LogP contribution in [0.25, 0.3) is 22.0 Å². The summed E-state index contributed by atoms with van der Waals surface area (Å²) in [6.07, 6.45) is 1.85. The molecule has 38 heavy (non-hydrogen) atoms. The SMILES string of the molecule is COCc1cc(CNCCCCOCCOc2cc(-c3cnoc3)cc3[nH]ncc23)cc(OC(F)(F)F)c1. The Bertz CT molecular complexity index is 1280. The van der Waals surface area contributed by atoms with Crippen LogP contribution in [0.1, 0.15) is 24.0 Å². The van der Waals surface area contributed by atoms with Gasteiger partial charge in [0.15, 0.2) is 0 Å². The first-order chi connectivity index (χ1) is 18.4. The van der Waals surface area contributed by atoms with Gasteiger partial charge in [-0.1, -0.05) is 11.2 Å². The Morgan fingerprint density at radius 2 is 1.84 bits per heavy atom. The number of aromatic nitrogens is 3. The standard InChI is InChI=1S/C26H29F3N4O5/c1-34-16-19-8-18(9-22(10-19)38-26(27,28)29)13-30-4-2-3-5-35-6-7-36-25-12-20(21-14-32-37-17-21)11-24-23(25)15-31-33-24/h8-12,14-15,17,30H,2-7,13,16H2,1H3,(H,31,33). The summed E-state index contributed by atoms with van der Waals surface area (Å²) < 4.78 is 63.5. The fourth-order valence-electron chi connectivity index (χ4n) is 3.92. The molecule has 204 valence electrons. The first-order valence-electron chi connectivity index (χ1n) is 12.1. The third-order valence-electron chi connectivity index (χ3n) is 5.56. The molecule has 9 nitrogen and oxygen atoms in total. The van der Waals surface area contributed by atoms with E-state index in [-0.39, 0.29) is 12.4 Å². The van der Waals surface area contributed by atoms with E-state index < -0.39 is 6.36 Å². The highest BCUT2D eigenvalue weighted by Crippen LogP contribution is 2.31. The van der Waals surface area contributed by atoms with Gasteiger partial charge in [-0.25, -0.2) is 0 Å². The maximum atomic E-state index is 12.6. The minimum absolute atomic E-state index is 0.198. The van der Waals surface area contributed by atoms with Crippen molar-refractivity contribution in [3.8, 4) is 22.6 Å². The number of H-pyrrole nitrogens is 1. The predicted octanol–water partition coefficient (Wildman–Crippen LogP) is 5.23. The predicted molar refractivity (Wildman–Crippen MR) is 133 cm³/mol. The zero-order chi connectivity index (χ0) is 26.8. The van der Waals surface area contributed by atoms with E-state index in [1.807, 2.05) is 12.1 Å². The van der Waals surface area contributed by atoms with Crippen LogP contribution in [-0.2, 0) is 22.6 Å². The van der Waals surface area contributed by atoms with Crippen LogP contribution in [0.15, 0.2) is 53.5 Å². The van der Waals surface area contributed by atoms with Crippen LogP contribution < -0.4 is 14.8 Å². The van der Waals surface area contributed by atoms with Crippen LogP contribution in [0.5, 0.6) is 11.5 Å². The highest BCUT2D eigenvalue weighted by molar-refractivity contribution is 5.89. The number of methoxy groups -OCH3 is 1. The number of hydrogen-bond donors (Lipinski definition) is 2. The van der Waals surface area contributed by atoms with Gasteiger partial charge in [-0.15, -0.1) is 13.2 Å². The normalized spacial score (nSPS) is 11.8. The van der Waals surface area contributed by atoms with Gasteiger partial charge in [-0.3, -0.25) is 5.10 Å². The topological polar surface area (TPSA) is 104 Å². The van der Waals surface area contributed by atoms with E-state index in [4.69, 9.17) is 18.7 Å². The van der Waals surface area contributed by atoms with Crippen molar-refractivity contribution in [1.82, 2.24) is 20.7 Å². The van der Waals surface area contributed by atoms with Crippen LogP contribution in [0.3, 0.4) is 0 Å². The summed E-state index contributed by atoms with van der Waals surface area (Å²) in [7, 11) is 1.49. The van der Waals surface area contributed by atoms with Gasteiger partial charge in [0.05, 0.1) is 36.5 Å². The van der Waals surface area contributed by atoms with Crippen LogP contribution >= 0.6 is 0 Å². The second kappa shape index (κ2) is 13.3. The fourth-order valence-corrected chi connectivity index (χ4v) is 3.92. The number of aromatic amines is 1. The van der Waals surface area contributed by atoms with Gasteiger partial charge in [0.25, 0.3) is 0 Å². The lowest BCUT2D eigenvalue weighted by molar-refractivity contribution is -0.274. The number of halogens is 3. The lowest BCUT2D eigenvalue weighted by Crippen LogP contribution is -2.18. The molecule has 2 aromatic carbocycles. The van der Waals surface area contributed by atoms with Crippen LogP contribution in [0, 0.1) is 0 Å². The first kappa shape index (κ1) is 27.4. The second-order valence-corrected chi connectivity index (χ2v) is 8.53. The van der Waals surface area contributed by atoms with Crippen molar-refractivity contribution in [3.63, 3.8) is 0 Å². The Balaban J connectivity index is 1.13. The molecular weight excluding hydrogens is 505 g/mol. The first-order valence-corrected chi connectivity index (χ1v) is 12.1. The van der Waals surface area contributed by atoms with Crippen molar-refractivity contribution in [1.29, 1.82) is 0 Å². The Labute approximate surface area is 217 Å². The summed E-state index contributed by atoms with van der Waals surface area (Å²) in [5.74, 6) is 0.441. The van der Waals surface area contributed by atoms with Gasteiger partial charge in [-0.2, -0.15) is 5.10 Å².